The second-order valence-corrected chi connectivity index (χ2v) is 9.91. The van der Waals surface area contributed by atoms with Crippen molar-refractivity contribution in [3.05, 3.63) is 90.0 Å². The maximum absolute atomic E-state index is 4.96. The van der Waals surface area contributed by atoms with Crippen LogP contribution in [-0.2, 0) is 18.4 Å². The number of benzene rings is 2. The lowest BCUT2D eigenvalue weighted by molar-refractivity contribution is 0.281. The molecule has 2 unspecified atom stereocenters. The van der Waals surface area contributed by atoms with Gasteiger partial charge in [0, 0.05) is 30.3 Å². The summed E-state index contributed by atoms with van der Waals surface area (Å²) in [6.45, 7) is 10.5. The molecule has 0 aliphatic rings. The SMILES string of the molecule is CCCCCCCCn1ccnc1C(C(C)C)C(C)(Cc1ccccc1)c1ccccc1. The van der Waals surface area contributed by atoms with Gasteiger partial charge < -0.3 is 4.57 Å². The zero-order valence-corrected chi connectivity index (χ0v) is 20.6. The Morgan fingerprint density at radius 3 is 2.12 bits per heavy atom. The molecule has 172 valence electrons. The van der Waals surface area contributed by atoms with Crippen LogP contribution in [0.1, 0.15) is 89.1 Å². The summed E-state index contributed by atoms with van der Waals surface area (Å²) in [6, 6.07) is 22.0. The van der Waals surface area contributed by atoms with Crippen molar-refractivity contribution >= 4 is 0 Å². The van der Waals surface area contributed by atoms with Gasteiger partial charge in [0.25, 0.3) is 0 Å². The molecule has 2 atom stereocenters. The molecule has 1 aromatic heterocycles. The first kappa shape index (κ1) is 24.3. The number of rotatable bonds is 13. The van der Waals surface area contributed by atoms with Gasteiger partial charge in [0.15, 0.2) is 0 Å². The number of nitrogens with zero attached hydrogens (tertiary/aromatic N) is 2. The fourth-order valence-electron chi connectivity index (χ4n) is 5.40. The monoisotopic (exact) mass is 430 g/mol. The Morgan fingerprint density at radius 2 is 1.47 bits per heavy atom. The molecule has 3 aromatic rings. The molecule has 0 N–H and O–H groups in total. The van der Waals surface area contributed by atoms with Gasteiger partial charge in [-0.15, -0.1) is 0 Å². The number of hydrogen-bond donors (Lipinski definition) is 0. The molecule has 0 saturated carbocycles. The summed E-state index contributed by atoms with van der Waals surface area (Å²) in [6.07, 6.45) is 13.1. The summed E-state index contributed by atoms with van der Waals surface area (Å²) >= 11 is 0. The smallest absolute Gasteiger partial charge is 0.112 e. The molecule has 0 spiro atoms. The maximum Gasteiger partial charge on any atom is 0.112 e. The van der Waals surface area contributed by atoms with Gasteiger partial charge in [-0.05, 0) is 29.9 Å². The largest absolute Gasteiger partial charge is 0.335 e. The van der Waals surface area contributed by atoms with Gasteiger partial charge in [-0.3, -0.25) is 0 Å². The Hall–Kier alpha value is -2.35. The number of unbranched alkanes of at least 4 members (excludes halogenated alkanes) is 5. The summed E-state index contributed by atoms with van der Waals surface area (Å²) in [5.74, 6) is 2.06. The van der Waals surface area contributed by atoms with Crippen LogP contribution in [0.15, 0.2) is 73.1 Å². The number of hydrogen-bond acceptors (Lipinski definition) is 1. The number of aromatic nitrogens is 2. The molecule has 0 amide bonds. The molecule has 0 radical (unpaired) electrons. The predicted octanol–water partition coefficient (Wildman–Crippen LogP) is 8.18. The van der Waals surface area contributed by atoms with E-state index in [2.05, 4.69) is 99.1 Å². The van der Waals surface area contributed by atoms with Crippen LogP contribution in [0.3, 0.4) is 0 Å². The van der Waals surface area contributed by atoms with E-state index in [9.17, 15) is 0 Å². The van der Waals surface area contributed by atoms with Crippen molar-refractivity contribution in [1.29, 1.82) is 0 Å². The second kappa shape index (κ2) is 12.0. The molecule has 0 fully saturated rings. The Morgan fingerprint density at radius 1 is 0.844 bits per heavy atom. The minimum absolute atomic E-state index is 0.0407. The van der Waals surface area contributed by atoms with Crippen LogP contribution in [0.25, 0.3) is 0 Å². The van der Waals surface area contributed by atoms with Crippen molar-refractivity contribution in [2.45, 2.75) is 90.5 Å². The highest BCUT2D eigenvalue weighted by Crippen LogP contribution is 2.45. The summed E-state index contributed by atoms with van der Waals surface area (Å²) < 4.78 is 2.44. The van der Waals surface area contributed by atoms with Crippen LogP contribution in [0.5, 0.6) is 0 Å². The summed E-state index contributed by atoms with van der Waals surface area (Å²) in [4.78, 5) is 4.96. The van der Waals surface area contributed by atoms with Crippen LogP contribution in [0.4, 0.5) is 0 Å². The quantitative estimate of drug-likeness (QED) is 0.250. The molecule has 2 heteroatoms. The summed E-state index contributed by atoms with van der Waals surface area (Å²) in [5, 5.41) is 0. The zero-order chi connectivity index (χ0) is 22.8. The highest BCUT2D eigenvalue weighted by molar-refractivity contribution is 5.33. The summed E-state index contributed by atoms with van der Waals surface area (Å²) in [5.41, 5.74) is 2.75. The Balaban J connectivity index is 1.90. The Kier molecular flexibility index (Phi) is 9.14. The lowest BCUT2D eigenvalue weighted by Gasteiger charge is -2.41. The molecule has 0 aliphatic heterocycles. The van der Waals surface area contributed by atoms with Gasteiger partial charge >= 0.3 is 0 Å². The normalized spacial score (nSPS) is 14.4. The maximum atomic E-state index is 4.96. The van der Waals surface area contributed by atoms with E-state index < -0.39 is 0 Å². The average molecular weight is 431 g/mol. The first-order chi connectivity index (χ1) is 15.6. The highest BCUT2D eigenvalue weighted by atomic mass is 15.1. The molecular formula is C30H42N2. The Labute approximate surface area is 196 Å². The molecule has 0 saturated heterocycles. The Bertz CT molecular complexity index is 897. The van der Waals surface area contributed by atoms with Crippen LogP contribution < -0.4 is 0 Å². The third kappa shape index (κ3) is 6.12. The molecule has 0 aliphatic carbocycles. The molecule has 0 bridgehead atoms. The first-order valence-corrected chi connectivity index (χ1v) is 12.7. The lowest BCUT2D eigenvalue weighted by atomic mass is 9.64. The van der Waals surface area contributed by atoms with Crippen molar-refractivity contribution in [3.63, 3.8) is 0 Å². The van der Waals surface area contributed by atoms with E-state index in [1.807, 2.05) is 6.20 Å². The molecule has 2 nitrogen and oxygen atoms in total. The molecular weight excluding hydrogens is 388 g/mol. The zero-order valence-electron chi connectivity index (χ0n) is 20.6. The van der Waals surface area contributed by atoms with Crippen molar-refractivity contribution < 1.29 is 0 Å². The topological polar surface area (TPSA) is 17.8 Å². The van der Waals surface area contributed by atoms with Gasteiger partial charge in [-0.1, -0.05) is 120 Å². The van der Waals surface area contributed by atoms with E-state index in [4.69, 9.17) is 4.98 Å². The summed E-state index contributed by atoms with van der Waals surface area (Å²) in [7, 11) is 0. The van der Waals surface area contributed by atoms with Gasteiger partial charge in [-0.25, -0.2) is 4.98 Å². The fourth-order valence-corrected chi connectivity index (χ4v) is 5.40. The fraction of sp³-hybridized carbons (Fsp3) is 0.500. The minimum Gasteiger partial charge on any atom is -0.335 e. The highest BCUT2D eigenvalue weighted by Gasteiger charge is 2.41. The van der Waals surface area contributed by atoms with E-state index in [0.717, 1.165) is 13.0 Å². The van der Waals surface area contributed by atoms with E-state index in [1.165, 1.54) is 55.5 Å². The molecule has 1 heterocycles. The predicted molar refractivity (Wildman–Crippen MR) is 137 cm³/mol. The van der Waals surface area contributed by atoms with Crippen molar-refractivity contribution in [2.24, 2.45) is 5.92 Å². The van der Waals surface area contributed by atoms with Crippen molar-refractivity contribution in [1.82, 2.24) is 9.55 Å². The average Bonchev–Trinajstić information content (AvgIpc) is 3.25. The van der Waals surface area contributed by atoms with Gasteiger partial charge in [0.2, 0.25) is 0 Å². The van der Waals surface area contributed by atoms with Crippen molar-refractivity contribution in [3.8, 4) is 0 Å². The van der Waals surface area contributed by atoms with Crippen LogP contribution in [0.2, 0.25) is 0 Å². The molecule has 2 aromatic carbocycles. The number of aryl methyl sites for hydroxylation is 1. The molecule has 3 rings (SSSR count). The van der Waals surface area contributed by atoms with E-state index >= 15 is 0 Å². The van der Waals surface area contributed by atoms with E-state index in [1.54, 1.807) is 0 Å². The standard InChI is InChI=1S/C30H42N2/c1-5-6-7-8-9-16-22-32-23-21-31-29(32)28(25(2)3)30(4,27-19-14-11-15-20-27)24-26-17-12-10-13-18-26/h10-15,17-21,23,25,28H,5-9,16,22,24H2,1-4H3. The van der Waals surface area contributed by atoms with Crippen LogP contribution in [-0.4, -0.2) is 9.55 Å². The van der Waals surface area contributed by atoms with Gasteiger partial charge in [0.1, 0.15) is 5.82 Å². The van der Waals surface area contributed by atoms with Gasteiger partial charge in [-0.2, -0.15) is 0 Å². The lowest BCUT2D eigenvalue weighted by Crippen LogP contribution is -2.37. The van der Waals surface area contributed by atoms with Gasteiger partial charge in [0.05, 0.1) is 0 Å². The second-order valence-electron chi connectivity index (χ2n) is 9.91. The molecule has 32 heavy (non-hydrogen) atoms. The van der Waals surface area contributed by atoms with E-state index in [-0.39, 0.29) is 5.41 Å². The third-order valence-corrected chi connectivity index (χ3v) is 6.98. The van der Waals surface area contributed by atoms with E-state index in [0.29, 0.717) is 11.8 Å². The van der Waals surface area contributed by atoms with Crippen molar-refractivity contribution in [2.75, 3.05) is 0 Å². The first-order valence-electron chi connectivity index (χ1n) is 12.7. The van der Waals surface area contributed by atoms with Crippen LogP contribution >= 0.6 is 0 Å². The number of imidazole rings is 1. The minimum atomic E-state index is -0.0407. The third-order valence-electron chi connectivity index (χ3n) is 6.98. The van der Waals surface area contributed by atoms with Crippen LogP contribution in [0, 0.1) is 5.92 Å².